The third-order valence-electron chi connectivity index (χ3n) is 5.74. The van der Waals surface area contributed by atoms with Crippen LogP contribution in [0.15, 0.2) is 24.4 Å². The predicted octanol–water partition coefficient (Wildman–Crippen LogP) is 3.63. The van der Waals surface area contributed by atoms with E-state index in [-0.39, 0.29) is 11.3 Å². The van der Waals surface area contributed by atoms with Crippen molar-refractivity contribution < 1.29 is 4.79 Å². The average molecular weight is 270 g/mol. The smallest absolute Gasteiger partial charge is 0.231 e. The van der Waals surface area contributed by atoms with Gasteiger partial charge in [-0.15, -0.1) is 0 Å². The minimum atomic E-state index is -0.0927. The highest BCUT2D eigenvalue weighted by Gasteiger charge is 2.52. The van der Waals surface area contributed by atoms with Crippen LogP contribution in [0.4, 0.5) is 5.82 Å². The highest BCUT2D eigenvalue weighted by atomic mass is 16.2. The molecule has 4 saturated carbocycles. The van der Waals surface area contributed by atoms with Crippen LogP contribution in [-0.4, -0.2) is 10.9 Å². The molecule has 1 heterocycles. The molecule has 0 radical (unpaired) electrons. The lowest BCUT2D eigenvalue weighted by atomic mass is 9.58. The number of nitrogens with zero attached hydrogens (tertiary/aromatic N) is 1. The van der Waals surface area contributed by atoms with E-state index in [9.17, 15) is 4.79 Å². The third-order valence-corrected chi connectivity index (χ3v) is 5.74. The molecule has 0 aliphatic heterocycles. The minimum absolute atomic E-state index is 0.0927. The Labute approximate surface area is 120 Å². The van der Waals surface area contributed by atoms with Crippen molar-refractivity contribution in [3.8, 4) is 0 Å². The van der Waals surface area contributed by atoms with Gasteiger partial charge in [0.15, 0.2) is 0 Å². The van der Waals surface area contributed by atoms with Gasteiger partial charge in [-0.1, -0.05) is 18.9 Å². The fourth-order valence-corrected chi connectivity index (χ4v) is 5.16. The van der Waals surface area contributed by atoms with Gasteiger partial charge in [-0.2, -0.15) is 0 Å². The quantitative estimate of drug-likeness (QED) is 0.891. The zero-order chi connectivity index (χ0) is 13.6. The van der Waals surface area contributed by atoms with E-state index in [1.54, 1.807) is 6.20 Å². The summed E-state index contributed by atoms with van der Waals surface area (Å²) in [6.07, 6.45) is 10.5. The van der Waals surface area contributed by atoms with E-state index in [0.29, 0.717) is 5.82 Å². The molecule has 0 saturated heterocycles. The number of amides is 1. The monoisotopic (exact) mass is 270 g/mol. The summed E-state index contributed by atoms with van der Waals surface area (Å²) < 4.78 is 0. The average Bonchev–Trinajstić information content (AvgIpc) is 2.66. The van der Waals surface area contributed by atoms with Crippen molar-refractivity contribution in [2.75, 3.05) is 5.32 Å². The Bertz CT molecular complexity index is 497. The van der Waals surface area contributed by atoms with Gasteiger partial charge in [0.1, 0.15) is 5.82 Å². The van der Waals surface area contributed by atoms with Gasteiger partial charge in [-0.25, -0.2) is 4.98 Å². The third kappa shape index (κ3) is 2.04. The molecule has 4 aliphatic rings. The maximum atomic E-state index is 12.9. The summed E-state index contributed by atoms with van der Waals surface area (Å²) in [6, 6.07) is 5.69. The molecular formula is C17H22N2O. The van der Waals surface area contributed by atoms with Crippen LogP contribution >= 0.6 is 0 Å². The summed E-state index contributed by atoms with van der Waals surface area (Å²) in [6.45, 7) is 0. The van der Waals surface area contributed by atoms with Crippen molar-refractivity contribution >= 4 is 11.7 Å². The van der Waals surface area contributed by atoms with Crippen molar-refractivity contribution in [3.05, 3.63) is 24.4 Å². The highest BCUT2D eigenvalue weighted by Crippen LogP contribution is 2.58. The molecule has 2 atom stereocenters. The Kier molecular flexibility index (Phi) is 2.83. The first-order valence-electron chi connectivity index (χ1n) is 7.96. The summed E-state index contributed by atoms with van der Waals surface area (Å²) in [5.74, 6) is 3.31. The standard InChI is InChI=1S/C17H22N2O/c20-16(19-15-3-1-2-6-18-15)17-9-12-4-5-13(10-17)8-14(7-12)11-17/h1-3,6,12-14H,4-5,7-11H2,(H,18,19,20)/t12-,13-,14?,17?/m0/s1. The van der Waals surface area contributed by atoms with Crippen molar-refractivity contribution in [1.82, 2.24) is 4.98 Å². The molecule has 3 nitrogen and oxygen atoms in total. The number of anilines is 1. The molecule has 4 bridgehead atoms. The Morgan fingerprint density at radius 3 is 2.45 bits per heavy atom. The van der Waals surface area contributed by atoms with Crippen molar-refractivity contribution in [2.24, 2.45) is 23.2 Å². The molecule has 5 rings (SSSR count). The van der Waals surface area contributed by atoms with Gasteiger partial charge in [0, 0.05) is 6.20 Å². The lowest BCUT2D eigenvalue weighted by Crippen LogP contribution is -2.46. The minimum Gasteiger partial charge on any atom is -0.310 e. The molecule has 0 spiro atoms. The molecule has 0 unspecified atom stereocenters. The SMILES string of the molecule is O=C(Nc1ccccn1)C12CC3C[C@H](CC[C@@H](C3)C1)C2. The van der Waals surface area contributed by atoms with E-state index >= 15 is 0 Å². The van der Waals surface area contributed by atoms with E-state index < -0.39 is 0 Å². The van der Waals surface area contributed by atoms with Gasteiger partial charge < -0.3 is 5.32 Å². The molecule has 20 heavy (non-hydrogen) atoms. The number of hydrogen-bond acceptors (Lipinski definition) is 2. The number of nitrogens with one attached hydrogen (secondary N) is 1. The topological polar surface area (TPSA) is 42.0 Å². The molecule has 0 aromatic carbocycles. The van der Waals surface area contributed by atoms with Gasteiger partial charge >= 0.3 is 0 Å². The van der Waals surface area contributed by atoms with Crippen molar-refractivity contribution in [2.45, 2.75) is 44.9 Å². The van der Waals surface area contributed by atoms with E-state index in [2.05, 4.69) is 10.3 Å². The summed E-state index contributed by atoms with van der Waals surface area (Å²) >= 11 is 0. The highest BCUT2D eigenvalue weighted by molar-refractivity contribution is 5.94. The first-order chi connectivity index (χ1) is 9.73. The van der Waals surface area contributed by atoms with Crippen molar-refractivity contribution in [1.29, 1.82) is 0 Å². The number of rotatable bonds is 2. The number of carbonyl (C=O) groups excluding carboxylic acids is 1. The summed E-state index contributed by atoms with van der Waals surface area (Å²) in [4.78, 5) is 17.1. The summed E-state index contributed by atoms with van der Waals surface area (Å²) in [5.41, 5.74) is -0.0927. The van der Waals surface area contributed by atoms with Gasteiger partial charge in [0.2, 0.25) is 5.91 Å². The number of hydrogen-bond donors (Lipinski definition) is 1. The lowest BCUT2D eigenvalue weighted by molar-refractivity contribution is -0.132. The summed E-state index contributed by atoms with van der Waals surface area (Å²) in [7, 11) is 0. The molecule has 106 valence electrons. The molecule has 1 aromatic heterocycles. The second kappa shape index (κ2) is 4.57. The van der Waals surface area contributed by atoms with Crippen LogP contribution in [0.25, 0.3) is 0 Å². The first kappa shape index (κ1) is 12.4. The van der Waals surface area contributed by atoms with Crippen LogP contribution in [0.2, 0.25) is 0 Å². The Morgan fingerprint density at radius 2 is 1.80 bits per heavy atom. The zero-order valence-electron chi connectivity index (χ0n) is 11.8. The number of fused-ring (bicyclic) bond motifs is 1. The number of pyridine rings is 1. The Hall–Kier alpha value is -1.38. The summed E-state index contributed by atoms with van der Waals surface area (Å²) in [5, 5.41) is 3.08. The molecule has 1 N–H and O–H groups in total. The first-order valence-corrected chi connectivity index (χ1v) is 7.96. The van der Waals surface area contributed by atoms with Crippen LogP contribution in [0.3, 0.4) is 0 Å². The van der Waals surface area contributed by atoms with E-state index in [1.165, 1.54) is 25.7 Å². The maximum absolute atomic E-state index is 12.9. The fraction of sp³-hybridized carbons (Fsp3) is 0.647. The van der Waals surface area contributed by atoms with Crippen LogP contribution in [0.5, 0.6) is 0 Å². The maximum Gasteiger partial charge on any atom is 0.231 e. The normalized spacial score (nSPS) is 38.5. The molecule has 1 amide bonds. The molecule has 1 aromatic rings. The fourth-order valence-electron chi connectivity index (χ4n) is 5.16. The molecule has 3 heteroatoms. The van der Waals surface area contributed by atoms with Crippen LogP contribution in [0.1, 0.15) is 44.9 Å². The molecule has 4 aliphatic carbocycles. The number of aromatic nitrogens is 1. The second-order valence-corrected chi connectivity index (χ2v) is 7.21. The van der Waals surface area contributed by atoms with Crippen LogP contribution in [-0.2, 0) is 4.79 Å². The van der Waals surface area contributed by atoms with Crippen molar-refractivity contribution in [3.63, 3.8) is 0 Å². The Morgan fingerprint density at radius 1 is 1.10 bits per heavy atom. The van der Waals surface area contributed by atoms with Gasteiger partial charge in [-0.05, 0) is 62.0 Å². The second-order valence-electron chi connectivity index (χ2n) is 7.21. The van der Waals surface area contributed by atoms with E-state index in [1.807, 2.05) is 18.2 Å². The predicted molar refractivity (Wildman–Crippen MR) is 78.1 cm³/mol. The van der Waals surface area contributed by atoms with Gasteiger partial charge in [-0.3, -0.25) is 4.79 Å². The largest absolute Gasteiger partial charge is 0.310 e. The van der Waals surface area contributed by atoms with E-state index in [0.717, 1.165) is 37.0 Å². The van der Waals surface area contributed by atoms with Crippen LogP contribution in [0, 0.1) is 23.2 Å². The molecular weight excluding hydrogens is 248 g/mol. The number of carbonyl (C=O) groups is 1. The lowest BCUT2D eigenvalue weighted by Gasteiger charge is -2.46. The zero-order valence-corrected chi connectivity index (χ0v) is 11.8. The van der Waals surface area contributed by atoms with E-state index in [4.69, 9.17) is 0 Å². The van der Waals surface area contributed by atoms with Gasteiger partial charge in [0.05, 0.1) is 5.41 Å². The van der Waals surface area contributed by atoms with Gasteiger partial charge in [0.25, 0.3) is 0 Å². The Balaban J connectivity index is 1.59. The van der Waals surface area contributed by atoms with Crippen LogP contribution < -0.4 is 5.32 Å². The molecule has 4 fully saturated rings.